The molecule has 120 valence electrons. The zero-order valence-electron chi connectivity index (χ0n) is 13.3. The lowest BCUT2D eigenvalue weighted by Gasteiger charge is -2.37. The van der Waals surface area contributed by atoms with Crippen LogP contribution in [0.25, 0.3) is 0 Å². The first-order valence-corrected chi connectivity index (χ1v) is 8.62. The lowest BCUT2D eigenvalue weighted by Crippen LogP contribution is -2.41. The summed E-state index contributed by atoms with van der Waals surface area (Å²) in [6, 6.07) is 11.7. The van der Waals surface area contributed by atoms with Crippen LogP contribution >= 0.6 is 11.8 Å². The molecular formula is C18H20N2O2S. The summed E-state index contributed by atoms with van der Waals surface area (Å²) in [7, 11) is 0. The molecule has 0 bridgehead atoms. The SMILES string of the molecule is CC1(C)CC(NC(=O)CSc2ccncc2)c2ccccc2O1. The molecule has 0 saturated heterocycles. The van der Waals surface area contributed by atoms with Crippen molar-refractivity contribution >= 4 is 17.7 Å². The molecule has 1 aromatic heterocycles. The fourth-order valence-electron chi connectivity index (χ4n) is 2.75. The highest BCUT2D eigenvalue weighted by molar-refractivity contribution is 8.00. The summed E-state index contributed by atoms with van der Waals surface area (Å²) < 4.78 is 6.00. The molecule has 0 radical (unpaired) electrons. The maximum absolute atomic E-state index is 12.3. The molecule has 4 nitrogen and oxygen atoms in total. The third-order valence-corrected chi connectivity index (χ3v) is 4.74. The van der Waals surface area contributed by atoms with Crippen LogP contribution in [0.5, 0.6) is 5.75 Å². The summed E-state index contributed by atoms with van der Waals surface area (Å²) in [4.78, 5) is 17.3. The van der Waals surface area contributed by atoms with Crippen LogP contribution in [0.3, 0.4) is 0 Å². The molecule has 0 aliphatic carbocycles. The first-order chi connectivity index (χ1) is 11.0. The number of benzene rings is 1. The van der Waals surface area contributed by atoms with E-state index in [9.17, 15) is 4.79 Å². The van der Waals surface area contributed by atoms with Gasteiger partial charge in [0.25, 0.3) is 0 Å². The molecule has 1 amide bonds. The smallest absolute Gasteiger partial charge is 0.230 e. The van der Waals surface area contributed by atoms with Crippen LogP contribution in [0.15, 0.2) is 53.7 Å². The standard InChI is InChI=1S/C18H20N2O2S/c1-18(2)11-15(14-5-3-4-6-16(14)22-18)20-17(21)12-23-13-7-9-19-10-8-13/h3-10,15H,11-12H2,1-2H3,(H,20,21). The minimum absolute atomic E-state index is 0.0134. The number of nitrogens with one attached hydrogen (secondary N) is 1. The van der Waals surface area contributed by atoms with Crippen molar-refractivity contribution in [1.82, 2.24) is 10.3 Å². The van der Waals surface area contributed by atoms with E-state index in [1.54, 1.807) is 12.4 Å². The van der Waals surface area contributed by atoms with Gasteiger partial charge < -0.3 is 10.1 Å². The van der Waals surface area contributed by atoms with Gasteiger partial charge in [0.05, 0.1) is 11.8 Å². The van der Waals surface area contributed by atoms with Gasteiger partial charge in [0, 0.05) is 29.3 Å². The highest BCUT2D eigenvalue weighted by atomic mass is 32.2. The summed E-state index contributed by atoms with van der Waals surface area (Å²) >= 11 is 1.52. The number of amides is 1. The van der Waals surface area contributed by atoms with Crippen molar-refractivity contribution in [3.63, 3.8) is 0 Å². The number of fused-ring (bicyclic) bond motifs is 1. The molecule has 1 N–H and O–H groups in total. The second-order valence-corrected chi connectivity index (χ2v) is 7.24. The van der Waals surface area contributed by atoms with Gasteiger partial charge in [-0.1, -0.05) is 18.2 Å². The molecule has 0 spiro atoms. The fraction of sp³-hybridized carbons (Fsp3) is 0.333. The highest BCUT2D eigenvalue weighted by Gasteiger charge is 2.34. The van der Waals surface area contributed by atoms with E-state index in [-0.39, 0.29) is 17.6 Å². The topological polar surface area (TPSA) is 51.2 Å². The van der Waals surface area contributed by atoms with E-state index >= 15 is 0 Å². The predicted octanol–water partition coefficient (Wildman–Crippen LogP) is 3.59. The van der Waals surface area contributed by atoms with Crippen molar-refractivity contribution in [3.05, 3.63) is 54.4 Å². The third kappa shape index (κ3) is 4.05. The van der Waals surface area contributed by atoms with Gasteiger partial charge in [-0.05, 0) is 32.0 Å². The Morgan fingerprint density at radius 3 is 2.83 bits per heavy atom. The Morgan fingerprint density at radius 2 is 2.04 bits per heavy atom. The van der Waals surface area contributed by atoms with Gasteiger partial charge in [-0.3, -0.25) is 9.78 Å². The molecule has 23 heavy (non-hydrogen) atoms. The molecule has 2 heterocycles. The van der Waals surface area contributed by atoms with Crippen molar-refractivity contribution in [2.75, 3.05) is 5.75 Å². The quantitative estimate of drug-likeness (QED) is 0.872. The second-order valence-electron chi connectivity index (χ2n) is 6.20. The van der Waals surface area contributed by atoms with E-state index in [0.717, 1.165) is 22.6 Å². The van der Waals surface area contributed by atoms with E-state index in [2.05, 4.69) is 10.3 Å². The average Bonchev–Trinajstić information content (AvgIpc) is 2.53. The van der Waals surface area contributed by atoms with Crippen molar-refractivity contribution in [2.24, 2.45) is 0 Å². The number of carbonyl (C=O) groups is 1. The van der Waals surface area contributed by atoms with Crippen molar-refractivity contribution < 1.29 is 9.53 Å². The third-order valence-electron chi connectivity index (χ3n) is 3.73. The summed E-state index contributed by atoms with van der Waals surface area (Å²) in [5, 5.41) is 3.15. The fourth-order valence-corrected chi connectivity index (χ4v) is 3.45. The molecule has 1 aliphatic rings. The molecule has 0 saturated carbocycles. The Bertz CT molecular complexity index is 688. The van der Waals surface area contributed by atoms with E-state index in [1.165, 1.54) is 11.8 Å². The number of thioether (sulfide) groups is 1. The number of carbonyl (C=O) groups excluding carboxylic acids is 1. The van der Waals surface area contributed by atoms with Gasteiger partial charge in [-0.2, -0.15) is 0 Å². The van der Waals surface area contributed by atoms with E-state index < -0.39 is 0 Å². The van der Waals surface area contributed by atoms with Crippen LogP contribution in [0.4, 0.5) is 0 Å². The van der Waals surface area contributed by atoms with Gasteiger partial charge in [0.2, 0.25) is 5.91 Å². The first-order valence-electron chi connectivity index (χ1n) is 7.64. The summed E-state index contributed by atoms with van der Waals surface area (Å²) in [5.74, 6) is 1.28. The number of ether oxygens (including phenoxy) is 1. The van der Waals surface area contributed by atoms with Crippen molar-refractivity contribution in [1.29, 1.82) is 0 Å². The highest BCUT2D eigenvalue weighted by Crippen LogP contribution is 2.39. The molecule has 1 atom stereocenters. The Balaban J connectivity index is 1.66. The molecule has 5 heteroatoms. The Labute approximate surface area is 140 Å². The van der Waals surface area contributed by atoms with E-state index in [1.807, 2.05) is 50.2 Å². The molecular weight excluding hydrogens is 308 g/mol. The number of rotatable bonds is 4. The zero-order valence-corrected chi connectivity index (χ0v) is 14.1. The number of para-hydroxylation sites is 1. The van der Waals surface area contributed by atoms with E-state index in [4.69, 9.17) is 4.74 Å². The lowest BCUT2D eigenvalue weighted by atomic mass is 9.90. The summed E-state index contributed by atoms with van der Waals surface area (Å²) in [6.45, 7) is 4.10. The summed E-state index contributed by atoms with van der Waals surface area (Å²) in [6.07, 6.45) is 4.23. The molecule has 1 aliphatic heterocycles. The molecule has 1 aromatic carbocycles. The summed E-state index contributed by atoms with van der Waals surface area (Å²) in [5.41, 5.74) is 0.763. The van der Waals surface area contributed by atoms with Crippen LogP contribution in [-0.2, 0) is 4.79 Å². The van der Waals surface area contributed by atoms with Crippen LogP contribution in [0.1, 0.15) is 31.9 Å². The van der Waals surface area contributed by atoms with Crippen molar-refractivity contribution in [3.8, 4) is 5.75 Å². The van der Waals surface area contributed by atoms with Crippen LogP contribution < -0.4 is 10.1 Å². The van der Waals surface area contributed by atoms with Gasteiger partial charge in [0.15, 0.2) is 0 Å². The molecule has 2 aromatic rings. The van der Waals surface area contributed by atoms with E-state index in [0.29, 0.717) is 5.75 Å². The monoisotopic (exact) mass is 328 g/mol. The first kappa shape index (κ1) is 15.9. The van der Waals surface area contributed by atoms with Crippen molar-refractivity contribution in [2.45, 2.75) is 36.8 Å². The number of hydrogen-bond acceptors (Lipinski definition) is 4. The Hall–Kier alpha value is -2.01. The maximum atomic E-state index is 12.3. The Morgan fingerprint density at radius 1 is 1.30 bits per heavy atom. The second kappa shape index (κ2) is 6.62. The Kier molecular flexibility index (Phi) is 4.57. The van der Waals surface area contributed by atoms with Gasteiger partial charge >= 0.3 is 0 Å². The van der Waals surface area contributed by atoms with Crippen LogP contribution in [-0.4, -0.2) is 22.2 Å². The normalized spacial score (nSPS) is 18.6. The molecule has 1 unspecified atom stereocenters. The maximum Gasteiger partial charge on any atom is 0.230 e. The number of pyridine rings is 1. The number of hydrogen-bond donors (Lipinski definition) is 1. The van der Waals surface area contributed by atoms with Crippen LogP contribution in [0.2, 0.25) is 0 Å². The average molecular weight is 328 g/mol. The minimum Gasteiger partial charge on any atom is -0.487 e. The lowest BCUT2D eigenvalue weighted by molar-refractivity contribution is -0.119. The van der Waals surface area contributed by atoms with Gasteiger partial charge in [0.1, 0.15) is 11.4 Å². The zero-order chi connectivity index (χ0) is 16.3. The minimum atomic E-state index is -0.287. The largest absolute Gasteiger partial charge is 0.487 e. The van der Waals surface area contributed by atoms with Gasteiger partial charge in [-0.25, -0.2) is 0 Å². The number of aromatic nitrogens is 1. The van der Waals surface area contributed by atoms with Gasteiger partial charge in [-0.15, -0.1) is 11.8 Å². The molecule has 0 fully saturated rings. The predicted molar refractivity (Wildman–Crippen MR) is 91.6 cm³/mol. The molecule has 3 rings (SSSR count). The van der Waals surface area contributed by atoms with Crippen LogP contribution in [0, 0.1) is 0 Å². The number of nitrogens with zero attached hydrogens (tertiary/aromatic N) is 1.